The zero-order valence-corrected chi connectivity index (χ0v) is 22.0. The lowest BCUT2D eigenvalue weighted by atomic mass is 9.98. The molecule has 1 aromatic rings. The smallest absolute Gasteiger partial charge is 0.326 e. The minimum Gasteiger partial charge on any atom is -0.481 e. The SMILES string of the molecule is CCC(C)C(NC(=O)C(CCC(=O)O)NC(=O)C(CCCCN)NC(=O)C(N)Cc1ccccc1)C(=O)O. The van der Waals surface area contributed by atoms with E-state index in [1.165, 1.54) is 0 Å². The highest BCUT2D eigenvalue weighted by Gasteiger charge is 2.32. The number of carbonyl (C=O) groups excluding carboxylic acids is 3. The summed E-state index contributed by atoms with van der Waals surface area (Å²) in [6.07, 6.45) is 1.33. The topological polar surface area (TPSA) is 214 Å². The standard InChI is InChI=1S/C26H41N5O7/c1-3-16(2)22(26(37)38)31-25(36)20(12-13-21(32)33)30-24(35)19(11-7-8-14-27)29-23(34)18(28)15-17-9-5-4-6-10-17/h4-6,9-10,16,18-20,22H,3,7-8,11-15,27-28H2,1-2H3,(H,29,34)(H,30,35)(H,31,36)(H,32,33)(H,37,38). The maximum Gasteiger partial charge on any atom is 0.326 e. The Bertz CT molecular complexity index is 928. The molecule has 12 heteroatoms. The summed E-state index contributed by atoms with van der Waals surface area (Å²) >= 11 is 0. The van der Waals surface area contributed by atoms with Crippen LogP contribution in [0.25, 0.3) is 0 Å². The molecule has 5 unspecified atom stereocenters. The molecule has 0 saturated carbocycles. The van der Waals surface area contributed by atoms with Crippen LogP contribution in [0, 0.1) is 5.92 Å². The Labute approximate surface area is 222 Å². The molecule has 0 aromatic heterocycles. The monoisotopic (exact) mass is 535 g/mol. The quantitative estimate of drug-likeness (QED) is 0.127. The van der Waals surface area contributed by atoms with E-state index in [-0.39, 0.29) is 19.3 Å². The molecule has 5 atom stereocenters. The number of carbonyl (C=O) groups is 5. The number of rotatable bonds is 18. The predicted molar refractivity (Wildman–Crippen MR) is 141 cm³/mol. The van der Waals surface area contributed by atoms with E-state index in [2.05, 4.69) is 16.0 Å². The fraction of sp³-hybridized carbons (Fsp3) is 0.577. The molecule has 212 valence electrons. The first kappa shape index (κ1) is 32.5. The molecular formula is C26H41N5O7. The molecule has 1 aromatic carbocycles. The highest BCUT2D eigenvalue weighted by atomic mass is 16.4. The molecule has 0 bridgehead atoms. The van der Waals surface area contributed by atoms with Crippen LogP contribution in [0.4, 0.5) is 0 Å². The van der Waals surface area contributed by atoms with Crippen LogP contribution in [-0.4, -0.2) is 70.6 Å². The van der Waals surface area contributed by atoms with Gasteiger partial charge in [-0.25, -0.2) is 4.79 Å². The number of amides is 3. The Balaban J connectivity index is 3.02. The predicted octanol–water partition coefficient (Wildman–Crippen LogP) is 0.135. The van der Waals surface area contributed by atoms with E-state index < -0.39 is 66.2 Å². The second-order valence-corrected chi connectivity index (χ2v) is 9.35. The number of unbranched alkanes of at least 4 members (excludes halogenated alkanes) is 1. The summed E-state index contributed by atoms with van der Waals surface area (Å²) in [6, 6.07) is 4.61. The van der Waals surface area contributed by atoms with Gasteiger partial charge in [0.2, 0.25) is 17.7 Å². The van der Waals surface area contributed by atoms with Gasteiger partial charge in [-0.3, -0.25) is 19.2 Å². The molecule has 0 aliphatic heterocycles. The van der Waals surface area contributed by atoms with Gasteiger partial charge in [0.25, 0.3) is 0 Å². The average Bonchev–Trinajstić information content (AvgIpc) is 2.88. The van der Waals surface area contributed by atoms with Crippen LogP contribution in [0.5, 0.6) is 0 Å². The van der Waals surface area contributed by atoms with Gasteiger partial charge in [-0.15, -0.1) is 0 Å². The second-order valence-electron chi connectivity index (χ2n) is 9.35. The summed E-state index contributed by atoms with van der Waals surface area (Å²) in [5, 5.41) is 26.1. The Morgan fingerprint density at radius 2 is 1.45 bits per heavy atom. The van der Waals surface area contributed by atoms with Crippen molar-refractivity contribution in [2.24, 2.45) is 17.4 Å². The molecule has 3 amide bonds. The van der Waals surface area contributed by atoms with E-state index in [4.69, 9.17) is 16.6 Å². The van der Waals surface area contributed by atoms with Gasteiger partial charge in [0.15, 0.2) is 0 Å². The second kappa shape index (κ2) is 17.1. The molecule has 0 fully saturated rings. The largest absolute Gasteiger partial charge is 0.481 e. The van der Waals surface area contributed by atoms with E-state index in [0.29, 0.717) is 25.8 Å². The van der Waals surface area contributed by atoms with Crippen LogP contribution in [0.2, 0.25) is 0 Å². The summed E-state index contributed by atoms with van der Waals surface area (Å²) in [6.45, 7) is 3.81. The third kappa shape index (κ3) is 11.7. The number of carboxylic acid groups (broad SMARTS) is 2. The van der Waals surface area contributed by atoms with Crippen molar-refractivity contribution in [1.82, 2.24) is 16.0 Å². The summed E-state index contributed by atoms with van der Waals surface area (Å²) in [5.74, 6) is -4.91. The number of benzene rings is 1. The van der Waals surface area contributed by atoms with Crippen molar-refractivity contribution in [2.75, 3.05) is 6.54 Å². The van der Waals surface area contributed by atoms with Crippen LogP contribution < -0.4 is 27.4 Å². The number of hydrogen-bond acceptors (Lipinski definition) is 7. The third-order valence-corrected chi connectivity index (χ3v) is 6.27. The highest BCUT2D eigenvalue weighted by molar-refractivity contribution is 5.94. The van der Waals surface area contributed by atoms with E-state index >= 15 is 0 Å². The lowest BCUT2D eigenvalue weighted by Crippen LogP contribution is -2.57. The minimum atomic E-state index is -1.32. The number of carboxylic acids is 2. The molecule has 9 N–H and O–H groups in total. The molecule has 0 radical (unpaired) electrons. The lowest BCUT2D eigenvalue weighted by molar-refractivity contribution is -0.144. The van der Waals surface area contributed by atoms with Crippen LogP contribution in [0.1, 0.15) is 57.9 Å². The average molecular weight is 536 g/mol. The van der Waals surface area contributed by atoms with Crippen molar-refractivity contribution >= 4 is 29.7 Å². The first-order chi connectivity index (χ1) is 18.0. The molecule has 38 heavy (non-hydrogen) atoms. The molecule has 0 spiro atoms. The molecule has 1 rings (SSSR count). The van der Waals surface area contributed by atoms with Gasteiger partial charge in [0.05, 0.1) is 6.04 Å². The fourth-order valence-electron chi connectivity index (χ4n) is 3.75. The van der Waals surface area contributed by atoms with Crippen molar-refractivity contribution in [3.05, 3.63) is 35.9 Å². The van der Waals surface area contributed by atoms with Crippen molar-refractivity contribution < 1.29 is 34.2 Å². The van der Waals surface area contributed by atoms with Crippen molar-refractivity contribution in [3.63, 3.8) is 0 Å². The van der Waals surface area contributed by atoms with Gasteiger partial charge < -0.3 is 37.6 Å². The zero-order valence-electron chi connectivity index (χ0n) is 22.0. The van der Waals surface area contributed by atoms with E-state index in [9.17, 15) is 29.1 Å². The van der Waals surface area contributed by atoms with Gasteiger partial charge in [0, 0.05) is 6.42 Å². The lowest BCUT2D eigenvalue weighted by Gasteiger charge is -2.26. The van der Waals surface area contributed by atoms with Crippen LogP contribution in [-0.2, 0) is 30.4 Å². The number of nitrogens with two attached hydrogens (primary N) is 2. The zero-order chi connectivity index (χ0) is 28.7. The van der Waals surface area contributed by atoms with Gasteiger partial charge in [-0.2, -0.15) is 0 Å². The van der Waals surface area contributed by atoms with Crippen LogP contribution in [0.15, 0.2) is 30.3 Å². The van der Waals surface area contributed by atoms with Gasteiger partial charge >= 0.3 is 11.9 Å². The third-order valence-electron chi connectivity index (χ3n) is 6.27. The number of aliphatic carboxylic acids is 2. The van der Waals surface area contributed by atoms with Gasteiger partial charge in [-0.05, 0) is 50.1 Å². The highest BCUT2D eigenvalue weighted by Crippen LogP contribution is 2.10. The molecule has 0 aliphatic rings. The maximum absolute atomic E-state index is 13.2. The molecular weight excluding hydrogens is 494 g/mol. The Morgan fingerprint density at radius 3 is 2.00 bits per heavy atom. The summed E-state index contributed by atoms with van der Waals surface area (Å²) in [5.41, 5.74) is 12.5. The molecule has 0 saturated heterocycles. The normalized spacial score (nSPS) is 14.8. The number of hydrogen-bond donors (Lipinski definition) is 7. The van der Waals surface area contributed by atoms with Crippen molar-refractivity contribution in [3.8, 4) is 0 Å². The van der Waals surface area contributed by atoms with Gasteiger partial charge in [-0.1, -0.05) is 50.6 Å². The Morgan fingerprint density at radius 1 is 0.868 bits per heavy atom. The van der Waals surface area contributed by atoms with Crippen LogP contribution in [0.3, 0.4) is 0 Å². The molecule has 0 aliphatic carbocycles. The summed E-state index contributed by atoms with van der Waals surface area (Å²) in [4.78, 5) is 61.7. The van der Waals surface area contributed by atoms with Crippen molar-refractivity contribution in [2.45, 2.75) is 83.0 Å². The van der Waals surface area contributed by atoms with Crippen LogP contribution >= 0.6 is 0 Å². The first-order valence-electron chi connectivity index (χ1n) is 12.8. The van der Waals surface area contributed by atoms with Gasteiger partial charge in [0.1, 0.15) is 18.1 Å². The summed E-state index contributed by atoms with van der Waals surface area (Å²) in [7, 11) is 0. The Kier molecular flexibility index (Phi) is 14.6. The Hall–Kier alpha value is -3.51. The molecule has 12 nitrogen and oxygen atoms in total. The number of nitrogens with one attached hydrogen (secondary N) is 3. The van der Waals surface area contributed by atoms with E-state index in [1.54, 1.807) is 13.8 Å². The maximum atomic E-state index is 13.2. The molecule has 0 heterocycles. The van der Waals surface area contributed by atoms with E-state index in [0.717, 1.165) is 5.56 Å². The van der Waals surface area contributed by atoms with E-state index in [1.807, 2.05) is 30.3 Å². The van der Waals surface area contributed by atoms with Crippen molar-refractivity contribution in [1.29, 1.82) is 0 Å². The fourth-order valence-corrected chi connectivity index (χ4v) is 3.75. The minimum absolute atomic E-state index is 0.213. The first-order valence-corrected chi connectivity index (χ1v) is 12.8. The summed E-state index contributed by atoms with van der Waals surface area (Å²) < 4.78 is 0.